The number of hydrogen-bond acceptors (Lipinski definition) is 3. The van der Waals surface area contributed by atoms with Gasteiger partial charge in [-0.05, 0) is 63.9 Å². The number of amidine groups is 2. The van der Waals surface area contributed by atoms with E-state index in [0.717, 1.165) is 82.5 Å². The van der Waals surface area contributed by atoms with E-state index in [2.05, 4.69) is 72.8 Å². The number of aliphatic imine (C=N–C) groups is 2. The Morgan fingerprint density at radius 1 is 0.500 bits per heavy atom. The van der Waals surface area contributed by atoms with Crippen LogP contribution in [0.4, 0.5) is 0 Å². The Labute approximate surface area is 276 Å². The zero-order valence-corrected chi connectivity index (χ0v) is 25.9. The van der Waals surface area contributed by atoms with E-state index in [0.29, 0.717) is 18.2 Å². The zero-order valence-electron chi connectivity index (χ0n) is 25.9. The number of rotatable bonds is 5. The van der Waals surface area contributed by atoms with Crippen LogP contribution in [-0.4, -0.2) is 11.7 Å². The molecule has 0 atom stereocenters. The summed E-state index contributed by atoms with van der Waals surface area (Å²) in [6.45, 7) is 0.395. The second-order valence-corrected chi connectivity index (χ2v) is 11.9. The van der Waals surface area contributed by atoms with Crippen molar-refractivity contribution in [2.24, 2.45) is 15.7 Å². The Balaban J connectivity index is 1.27. The fourth-order valence-electron chi connectivity index (χ4n) is 6.78. The summed E-state index contributed by atoms with van der Waals surface area (Å²) in [7, 11) is 0. The number of benzene rings is 7. The molecule has 7 aromatic carbocycles. The average Bonchev–Trinajstić information content (AvgIpc) is 3.72. The van der Waals surface area contributed by atoms with Gasteiger partial charge in [0.2, 0.25) is 0 Å². The van der Waals surface area contributed by atoms with Gasteiger partial charge in [0.15, 0.2) is 5.84 Å². The van der Waals surface area contributed by atoms with E-state index in [1.165, 1.54) is 0 Å². The monoisotopic (exact) mass is 619 g/mol. The number of nitrogens with zero attached hydrogens (tertiary/aromatic N) is 2. The Morgan fingerprint density at radius 2 is 1.10 bits per heavy atom. The molecule has 0 amide bonds. The number of hydrogen-bond donors (Lipinski definition) is 1. The average molecular weight is 620 g/mol. The molecule has 0 aliphatic heterocycles. The first-order valence-electron chi connectivity index (χ1n) is 16.0. The topological polar surface area (TPSA) is 77.0 Å². The lowest BCUT2D eigenvalue weighted by atomic mass is 9.92. The summed E-state index contributed by atoms with van der Waals surface area (Å²) in [5.74, 6) is 0.955. The molecule has 5 nitrogen and oxygen atoms in total. The van der Waals surface area contributed by atoms with Crippen LogP contribution in [-0.2, 0) is 6.54 Å². The predicted octanol–water partition coefficient (Wildman–Crippen LogP) is 10.7. The van der Waals surface area contributed by atoms with Gasteiger partial charge >= 0.3 is 0 Å². The lowest BCUT2D eigenvalue weighted by Crippen LogP contribution is -2.16. The van der Waals surface area contributed by atoms with E-state index in [1.807, 2.05) is 78.9 Å². The summed E-state index contributed by atoms with van der Waals surface area (Å²) in [6.07, 6.45) is 0. The molecule has 2 aromatic heterocycles. The fourth-order valence-corrected chi connectivity index (χ4v) is 6.78. The molecule has 0 saturated heterocycles. The molecule has 9 aromatic rings. The molecule has 0 radical (unpaired) electrons. The maximum Gasteiger partial charge on any atom is 0.157 e. The molecular weight excluding hydrogens is 590 g/mol. The second-order valence-electron chi connectivity index (χ2n) is 11.9. The van der Waals surface area contributed by atoms with Gasteiger partial charge in [-0.1, -0.05) is 115 Å². The summed E-state index contributed by atoms with van der Waals surface area (Å²) >= 11 is 0. The Bertz CT molecular complexity index is 2720. The van der Waals surface area contributed by atoms with Crippen molar-refractivity contribution >= 4 is 66.3 Å². The largest absolute Gasteiger partial charge is 0.456 e. The summed E-state index contributed by atoms with van der Waals surface area (Å²) in [5.41, 5.74) is 15.0. The van der Waals surface area contributed by atoms with Gasteiger partial charge in [-0.2, -0.15) is 0 Å². The first-order valence-corrected chi connectivity index (χ1v) is 16.0. The molecule has 0 unspecified atom stereocenters. The van der Waals surface area contributed by atoms with E-state index < -0.39 is 0 Å². The van der Waals surface area contributed by atoms with Gasteiger partial charge < -0.3 is 14.6 Å². The summed E-state index contributed by atoms with van der Waals surface area (Å²) in [6, 6.07) is 51.3. The molecule has 0 aliphatic rings. The van der Waals surface area contributed by atoms with Crippen LogP contribution in [0.25, 0.3) is 65.8 Å². The lowest BCUT2D eigenvalue weighted by molar-refractivity contribution is 0.668. The Morgan fingerprint density at radius 3 is 1.88 bits per heavy atom. The second kappa shape index (κ2) is 11.4. The maximum absolute atomic E-state index is 6.68. The Hall–Kier alpha value is -6.46. The molecule has 228 valence electrons. The van der Waals surface area contributed by atoms with E-state index in [9.17, 15) is 0 Å². The van der Waals surface area contributed by atoms with Gasteiger partial charge in [0.05, 0.1) is 6.54 Å². The van der Waals surface area contributed by atoms with Gasteiger partial charge in [-0.15, -0.1) is 0 Å². The number of para-hydroxylation sites is 2. The van der Waals surface area contributed by atoms with Gasteiger partial charge in [0.25, 0.3) is 0 Å². The van der Waals surface area contributed by atoms with Crippen molar-refractivity contribution < 1.29 is 8.83 Å². The minimum atomic E-state index is 0.395. The summed E-state index contributed by atoms with van der Waals surface area (Å²) in [5, 5.41) is 6.51. The maximum atomic E-state index is 6.68. The predicted molar refractivity (Wildman–Crippen MR) is 198 cm³/mol. The van der Waals surface area contributed by atoms with Crippen molar-refractivity contribution in [1.29, 1.82) is 0 Å². The van der Waals surface area contributed by atoms with E-state index in [1.54, 1.807) is 0 Å². The van der Waals surface area contributed by atoms with Gasteiger partial charge in [0.1, 0.15) is 28.2 Å². The highest BCUT2D eigenvalue weighted by Crippen LogP contribution is 2.40. The number of furan rings is 2. The van der Waals surface area contributed by atoms with Crippen LogP contribution < -0.4 is 5.73 Å². The third-order valence-corrected chi connectivity index (χ3v) is 9.00. The normalized spacial score (nSPS) is 12.6. The molecule has 2 heterocycles. The van der Waals surface area contributed by atoms with Crippen molar-refractivity contribution in [3.63, 3.8) is 0 Å². The van der Waals surface area contributed by atoms with Crippen LogP contribution in [0.15, 0.2) is 170 Å². The van der Waals surface area contributed by atoms with Crippen LogP contribution in [0.2, 0.25) is 0 Å². The lowest BCUT2D eigenvalue weighted by Gasteiger charge is -2.13. The highest BCUT2D eigenvalue weighted by atomic mass is 16.3. The third-order valence-electron chi connectivity index (χ3n) is 9.00. The molecule has 0 bridgehead atoms. The van der Waals surface area contributed by atoms with Crippen LogP contribution in [0, 0.1) is 0 Å². The van der Waals surface area contributed by atoms with Crippen molar-refractivity contribution in [2.75, 3.05) is 0 Å². The summed E-state index contributed by atoms with van der Waals surface area (Å²) < 4.78 is 12.5. The van der Waals surface area contributed by atoms with Crippen LogP contribution >= 0.6 is 0 Å². The number of nitrogens with two attached hydrogens (primary N) is 1. The minimum Gasteiger partial charge on any atom is -0.456 e. The quantitative estimate of drug-likeness (QED) is 0.154. The molecule has 0 saturated carbocycles. The SMILES string of the molecule is NC(=NC(=NCc1cccc2oc3ccccc3c12)c1cc(-c2cccc3oc4ccccc4c23)c2ccccc2c1)c1ccccc1. The summed E-state index contributed by atoms with van der Waals surface area (Å²) in [4.78, 5) is 10.2. The molecule has 48 heavy (non-hydrogen) atoms. The highest BCUT2D eigenvalue weighted by molar-refractivity contribution is 6.18. The van der Waals surface area contributed by atoms with E-state index in [-0.39, 0.29) is 0 Å². The van der Waals surface area contributed by atoms with Crippen LogP contribution in [0.3, 0.4) is 0 Å². The first kappa shape index (κ1) is 27.8. The van der Waals surface area contributed by atoms with E-state index in [4.69, 9.17) is 24.6 Å². The fraction of sp³-hybridized carbons (Fsp3) is 0.0233. The molecule has 0 aliphatic carbocycles. The minimum absolute atomic E-state index is 0.395. The van der Waals surface area contributed by atoms with Crippen molar-refractivity contribution in [1.82, 2.24) is 0 Å². The van der Waals surface area contributed by atoms with Crippen molar-refractivity contribution in [3.8, 4) is 11.1 Å². The standard InChI is InChI=1S/C43H29N3O2/c44-42(27-12-2-1-3-13-27)46-43(45-26-29-15-10-22-38-40(29)33-17-6-8-20-36(33)47-38)30-24-28-14-4-5-16-31(28)35(25-30)32-19-11-23-39-41(32)34-18-7-9-21-37(34)48-39/h1-25H,26H2,(H2,44,45,46). The first-order chi connectivity index (χ1) is 23.7. The molecule has 9 rings (SSSR count). The third kappa shape index (κ3) is 4.72. The van der Waals surface area contributed by atoms with Crippen molar-refractivity contribution in [2.45, 2.75) is 6.54 Å². The highest BCUT2D eigenvalue weighted by Gasteiger charge is 2.17. The molecule has 0 spiro atoms. The van der Waals surface area contributed by atoms with Gasteiger partial charge in [-0.3, -0.25) is 4.99 Å². The smallest absolute Gasteiger partial charge is 0.157 e. The molecule has 0 fully saturated rings. The van der Waals surface area contributed by atoms with Crippen molar-refractivity contribution in [3.05, 3.63) is 168 Å². The molecule has 2 N–H and O–H groups in total. The Kier molecular flexibility index (Phi) is 6.61. The zero-order chi connectivity index (χ0) is 32.0. The molecular formula is C43H29N3O2. The van der Waals surface area contributed by atoms with E-state index >= 15 is 0 Å². The molecule has 5 heteroatoms. The number of fused-ring (bicyclic) bond motifs is 7. The van der Waals surface area contributed by atoms with Gasteiger partial charge in [0, 0.05) is 32.7 Å². The van der Waals surface area contributed by atoms with Gasteiger partial charge in [-0.25, -0.2) is 4.99 Å². The van der Waals surface area contributed by atoms with Crippen LogP contribution in [0.1, 0.15) is 16.7 Å². The van der Waals surface area contributed by atoms with Crippen LogP contribution in [0.5, 0.6) is 0 Å².